The number of nitrogens with zero attached hydrogens (tertiary/aromatic N) is 3. The number of aromatic amines is 1. The van der Waals surface area contributed by atoms with Gasteiger partial charge in [0, 0.05) is 11.2 Å². The molecule has 28 heavy (non-hydrogen) atoms. The third kappa shape index (κ3) is 2.95. The second-order valence-corrected chi connectivity index (χ2v) is 6.87. The van der Waals surface area contributed by atoms with Crippen LogP contribution in [0.2, 0.25) is 5.02 Å². The van der Waals surface area contributed by atoms with E-state index >= 15 is 0 Å². The predicted molar refractivity (Wildman–Crippen MR) is 96.1 cm³/mol. The fourth-order valence-electron chi connectivity index (χ4n) is 3.40. The van der Waals surface area contributed by atoms with Gasteiger partial charge in [0.05, 0.1) is 11.7 Å². The van der Waals surface area contributed by atoms with E-state index in [-0.39, 0.29) is 16.5 Å². The largest absolute Gasteiger partial charge is 0.387 e. The van der Waals surface area contributed by atoms with Crippen LogP contribution < -0.4 is 11.3 Å². The van der Waals surface area contributed by atoms with Gasteiger partial charge >= 0.3 is 0 Å². The lowest BCUT2D eigenvalue weighted by Crippen LogP contribution is -2.34. The van der Waals surface area contributed by atoms with Crippen LogP contribution in [0.25, 0.3) is 11.0 Å². The van der Waals surface area contributed by atoms with Crippen molar-refractivity contribution < 1.29 is 24.4 Å². The number of halogens is 2. The van der Waals surface area contributed by atoms with E-state index in [1.165, 1.54) is 10.9 Å². The summed E-state index contributed by atoms with van der Waals surface area (Å²) in [4.78, 5) is 6.60. The highest BCUT2D eigenvalue weighted by molar-refractivity contribution is 6.30. The molecule has 3 aromatic rings. The molecule has 1 aliphatic heterocycles. The molecule has 1 aliphatic rings. The van der Waals surface area contributed by atoms with Gasteiger partial charge < -0.3 is 35.5 Å². The molecule has 2 aromatic heterocycles. The van der Waals surface area contributed by atoms with Crippen molar-refractivity contribution in [2.45, 2.75) is 30.6 Å². The minimum atomic E-state index is -1.43. The van der Waals surface area contributed by atoms with Crippen LogP contribution >= 0.6 is 11.6 Å². The van der Waals surface area contributed by atoms with Gasteiger partial charge in [-0.3, -0.25) is 0 Å². The Morgan fingerprint density at radius 2 is 2.00 bits per heavy atom. The van der Waals surface area contributed by atoms with Gasteiger partial charge in [-0.2, -0.15) is 5.10 Å². The van der Waals surface area contributed by atoms with Gasteiger partial charge in [-0.1, -0.05) is 23.7 Å². The Hall–Kier alpha value is -2.50. The highest BCUT2D eigenvalue weighted by Crippen LogP contribution is 2.37. The average Bonchev–Trinajstić information content (AvgIpc) is 3.19. The van der Waals surface area contributed by atoms with Crippen LogP contribution in [0, 0.1) is 5.82 Å². The number of aromatic nitrogens is 3. The lowest BCUT2D eigenvalue weighted by Gasteiger charge is -2.21. The molecule has 148 valence electrons. The van der Waals surface area contributed by atoms with Gasteiger partial charge in [-0.25, -0.2) is 9.37 Å². The third-order valence-corrected chi connectivity index (χ3v) is 5.04. The minimum absolute atomic E-state index is 0.0111. The molecule has 11 heteroatoms. The third-order valence-electron chi connectivity index (χ3n) is 4.79. The first kappa shape index (κ1) is 18.8. The zero-order valence-electron chi connectivity index (χ0n) is 14.3. The highest BCUT2D eigenvalue weighted by Gasteiger charge is 2.47. The molecule has 4 rings (SSSR count). The van der Waals surface area contributed by atoms with Crippen LogP contribution in [-0.2, 0) is 4.74 Å². The Labute approximate surface area is 162 Å². The van der Waals surface area contributed by atoms with Crippen LogP contribution in [0.15, 0.2) is 41.9 Å². The molecule has 5 atom stereocenters. The Morgan fingerprint density at radius 3 is 2.68 bits per heavy atom. The molecule has 0 bridgehead atoms. The lowest BCUT2D eigenvalue weighted by atomic mass is 9.99. The standard InChI is InChI=1S/C17H17ClFN5O4/c18-8-3-1-7(2-4-8)11(25)14-12(26)13(27)17(28-14)24-5-9(19)10-15(23-20)21-6-22-16(10)24/h1-6,11-14,17,25-27H,20H2,(H,21,22,23)/t11?,12-,13+,14+,17+/m0/s1. The molecule has 3 heterocycles. The second-order valence-electron chi connectivity index (χ2n) is 6.43. The van der Waals surface area contributed by atoms with E-state index < -0.39 is 36.5 Å². The van der Waals surface area contributed by atoms with Gasteiger partial charge in [-0.15, -0.1) is 0 Å². The van der Waals surface area contributed by atoms with Crippen molar-refractivity contribution in [1.29, 1.82) is 0 Å². The maximum Gasteiger partial charge on any atom is 0.186 e. The van der Waals surface area contributed by atoms with Crippen LogP contribution in [0.3, 0.4) is 0 Å². The van der Waals surface area contributed by atoms with Crippen molar-refractivity contribution in [2.75, 3.05) is 0 Å². The Morgan fingerprint density at radius 1 is 1.29 bits per heavy atom. The van der Waals surface area contributed by atoms with Gasteiger partial charge in [0.1, 0.15) is 30.1 Å². The van der Waals surface area contributed by atoms with Crippen LogP contribution in [0.1, 0.15) is 17.9 Å². The van der Waals surface area contributed by atoms with E-state index in [0.29, 0.717) is 10.6 Å². The second kappa shape index (κ2) is 7.15. The van der Waals surface area contributed by atoms with Crippen molar-refractivity contribution in [3.63, 3.8) is 0 Å². The summed E-state index contributed by atoms with van der Waals surface area (Å²) in [5.41, 5.74) is 0.621. The number of nitrogens with one attached hydrogen (secondary N) is 1. The van der Waals surface area contributed by atoms with Crippen molar-refractivity contribution in [3.05, 3.63) is 58.7 Å². The first-order valence-electron chi connectivity index (χ1n) is 8.35. The maximum absolute atomic E-state index is 14.4. The molecule has 0 spiro atoms. The van der Waals surface area contributed by atoms with E-state index in [4.69, 9.17) is 22.2 Å². The predicted octanol–water partition coefficient (Wildman–Crippen LogP) is 0.284. The zero-order chi connectivity index (χ0) is 20.0. The Balaban J connectivity index is 1.71. The molecule has 9 nitrogen and oxygen atoms in total. The number of fused-ring (bicyclic) bond motifs is 1. The van der Waals surface area contributed by atoms with Crippen molar-refractivity contribution in [1.82, 2.24) is 14.5 Å². The molecule has 0 amide bonds. The number of aliphatic hydroxyl groups is 3. The van der Waals surface area contributed by atoms with E-state index in [9.17, 15) is 19.7 Å². The van der Waals surface area contributed by atoms with E-state index in [1.807, 2.05) is 0 Å². The Bertz CT molecular complexity index is 1070. The molecule has 1 fully saturated rings. The SMILES string of the molecule is NN=c1nc[nH]c2c1c(F)cn2[C@@H]1O[C@H](C(O)c2ccc(Cl)cc2)[C@@H](O)[C@H]1O. The highest BCUT2D eigenvalue weighted by atomic mass is 35.5. The van der Waals surface area contributed by atoms with Gasteiger partial charge in [-0.05, 0) is 17.7 Å². The number of hydrogen-bond donors (Lipinski definition) is 5. The van der Waals surface area contributed by atoms with Gasteiger partial charge in [0.25, 0.3) is 0 Å². The summed E-state index contributed by atoms with van der Waals surface area (Å²) in [6.45, 7) is 0. The van der Waals surface area contributed by atoms with E-state index in [1.54, 1.807) is 24.3 Å². The molecule has 1 saturated heterocycles. The van der Waals surface area contributed by atoms with E-state index in [0.717, 1.165) is 6.20 Å². The van der Waals surface area contributed by atoms with Crippen molar-refractivity contribution in [3.8, 4) is 0 Å². The molecular formula is C17H17ClFN5O4. The molecule has 0 saturated carbocycles. The summed E-state index contributed by atoms with van der Waals surface area (Å²) >= 11 is 5.85. The van der Waals surface area contributed by atoms with Crippen LogP contribution in [-0.4, -0.2) is 48.2 Å². The lowest BCUT2D eigenvalue weighted by molar-refractivity contribution is -0.0849. The van der Waals surface area contributed by atoms with Gasteiger partial charge in [0.2, 0.25) is 0 Å². The smallest absolute Gasteiger partial charge is 0.186 e. The average molecular weight is 410 g/mol. The summed E-state index contributed by atoms with van der Waals surface area (Å²) in [5, 5.41) is 35.4. The molecule has 0 radical (unpaired) electrons. The monoisotopic (exact) mass is 409 g/mol. The number of benzene rings is 1. The van der Waals surface area contributed by atoms with Crippen molar-refractivity contribution in [2.24, 2.45) is 10.9 Å². The summed E-state index contributed by atoms with van der Waals surface area (Å²) in [5.74, 6) is 4.56. The topological polar surface area (TPSA) is 142 Å². The van der Waals surface area contributed by atoms with Crippen LogP contribution in [0.5, 0.6) is 0 Å². The number of ether oxygens (including phenoxy) is 1. The number of rotatable bonds is 3. The fraction of sp³-hybridized carbons (Fsp3) is 0.294. The quantitative estimate of drug-likeness (QED) is 0.311. The summed E-state index contributed by atoms with van der Waals surface area (Å²) in [7, 11) is 0. The summed E-state index contributed by atoms with van der Waals surface area (Å²) in [6, 6.07) is 6.35. The number of H-pyrrole nitrogens is 1. The fourth-order valence-corrected chi connectivity index (χ4v) is 3.52. The molecule has 0 aliphatic carbocycles. The molecule has 1 unspecified atom stereocenters. The van der Waals surface area contributed by atoms with Crippen molar-refractivity contribution >= 4 is 22.6 Å². The summed E-state index contributed by atoms with van der Waals surface area (Å²) in [6.07, 6.45) is -4.06. The van der Waals surface area contributed by atoms with E-state index in [2.05, 4.69) is 15.1 Å². The number of hydrogen-bond acceptors (Lipinski definition) is 7. The first-order valence-corrected chi connectivity index (χ1v) is 8.73. The number of nitrogens with two attached hydrogens (primary N) is 1. The number of aliphatic hydroxyl groups excluding tert-OH is 3. The molecule has 6 N–H and O–H groups in total. The molecule has 1 aromatic carbocycles. The molecular weight excluding hydrogens is 393 g/mol. The summed E-state index contributed by atoms with van der Waals surface area (Å²) < 4.78 is 21.4. The Kier molecular flexibility index (Phi) is 4.81. The van der Waals surface area contributed by atoms with Crippen LogP contribution in [0.4, 0.5) is 4.39 Å². The van der Waals surface area contributed by atoms with Gasteiger partial charge in [0.15, 0.2) is 17.5 Å². The normalized spacial score (nSPS) is 26.8. The first-order chi connectivity index (χ1) is 13.4. The maximum atomic E-state index is 14.4. The zero-order valence-corrected chi connectivity index (χ0v) is 15.0. The minimum Gasteiger partial charge on any atom is -0.387 e.